The summed E-state index contributed by atoms with van der Waals surface area (Å²) in [5, 5.41) is 2.83. The Morgan fingerprint density at radius 1 is 0.880 bits per heavy atom. The topological polar surface area (TPSA) is 72.2 Å². The summed E-state index contributed by atoms with van der Waals surface area (Å²) in [6.07, 6.45) is 4.62. The Hall–Kier alpha value is -2.62. The van der Waals surface area contributed by atoms with Crippen LogP contribution in [-0.4, -0.2) is 11.7 Å². The van der Waals surface area contributed by atoms with Gasteiger partial charge in [0.05, 0.1) is 11.4 Å². The molecule has 25 heavy (non-hydrogen) atoms. The maximum absolute atomic E-state index is 12.2. The van der Waals surface area contributed by atoms with E-state index in [1.54, 1.807) is 12.1 Å². The monoisotopic (exact) mass is 338 g/mol. The highest BCUT2D eigenvalue weighted by Gasteiger charge is 2.08. The van der Waals surface area contributed by atoms with E-state index in [0.717, 1.165) is 36.8 Å². The van der Waals surface area contributed by atoms with E-state index in [1.807, 2.05) is 43.3 Å². The third-order valence-corrected chi connectivity index (χ3v) is 4.24. The van der Waals surface area contributed by atoms with Gasteiger partial charge in [0, 0.05) is 18.4 Å². The SMILES string of the molecule is Cc1ccccc1C(=O)CCCCCCC(=O)Nc1ccccc1N. The van der Waals surface area contributed by atoms with Gasteiger partial charge in [0.15, 0.2) is 5.78 Å². The van der Waals surface area contributed by atoms with Gasteiger partial charge in [-0.05, 0) is 37.5 Å². The van der Waals surface area contributed by atoms with E-state index in [4.69, 9.17) is 5.73 Å². The number of nitrogens with two attached hydrogens (primary N) is 1. The van der Waals surface area contributed by atoms with Gasteiger partial charge in [-0.25, -0.2) is 0 Å². The molecule has 3 N–H and O–H groups in total. The molecule has 0 radical (unpaired) electrons. The Kier molecular flexibility index (Phi) is 7.20. The van der Waals surface area contributed by atoms with E-state index < -0.39 is 0 Å². The number of carbonyl (C=O) groups excluding carboxylic acids is 2. The van der Waals surface area contributed by atoms with Gasteiger partial charge >= 0.3 is 0 Å². The molecule has 4 nitrogen and oxygen atoms in total. The number of rotatable bonds is 9. The van der Waals surface area contributed by atoms with Crippen molar-refractivity contribution >= 4 is 23.1 Å². The number of nitrogens with one attached hydrogen (secondary N) is 1. The van der Waals surface area contributed by atoms with Crippen molar-refractivity contribution in [1.82, 2.24) is 0 Å². The highest BCUT2D eigenvalue weighted by atomic mass is 16.1. The van der Waals surface area contributed by atoms with Crippen LogP contribution in [0.5, 0.6) is 0 Å². The molecule has 0 aliphatic heterocycles. The molecule has 2 aromatic carbocycles. The lowest BCUT2D eigenvalue weighted by Crippen LogP contribution is -2.12. The maximum Gasteiger partial charge on any atom is 0.224 e. The molecule has 0 unspecified atom stereocenters. The van der Waals surface area contributed by atoms with Crippen molar-refractivity contribution in [1.29, 1.82) is 0 Å². The second-order valence-electron chi connectivity index (χ2n) is 6.29. The first-order valence-electron chi connectivity index (χ1n) is 8.81. The summed E-state index contributed by atoms with van der Waals surface area (Å²) in [7, 11) is 0. The van der Waals surface area contributed by atoms with Crippen molar-refractivity contribution in [3.63, 3.8) is 0 Å². The first-order valence-corrected chi connectivity index (χ1v) is 8.81. The number of benzene rings is 2. The lowest BCUT2D eigenvalue weighted by Gasteiger charge is -2.08. The fraction of sp³-hybridized carbons (Fsp3) is 0.333. The standard InChI is InChI=1S/C21H26N2O2/c1-16-10-6-7-11-17(16)20(24)14-4-2-3-5-15-21(25)23-19-13-9-8-12-18(19)22/h6-13H,2-5,14-15,22H2,1H3,(H,23,25). The van der Waals surface area contributed by atoms with Gasteiger partial charge < -0.3 is 11.1 Å². The Bertz CT molecular complexity index is 725. The van der Waals surface area contributed by atoms with Crippen LogP contribution in [0.15, 0.2) is 48.5 Å². The van der Waals surface area contributed by atoms with Gasteiger partial charge in [0.1, 0.15) is 0 Å². The number of carbonyl (C=O) groups is 2. The van der Waals surface area contributed by atoms with Crippen LogP contribution < -0.4 is 11.1 Å². The lowest BCUT2D eigenvalue weighted by molar-refractivity contribution is -0.116. The Morgan fingerprint density at radius 3 is 2.24 bits per heavy atom. The summed E-state index contributed by atoms with van der Waals surface area (Å²) < 4.78 is 0. The van der Waals surface area contributed by atoms with Crippen LogP contribution in [0.1, 0.15) is 54.4 Å². The number of hydrogen-bond donors (Lipinski definition) is 2. The van der Waals surface area contributed by atoms with Gasteiger partial charge in [-0.1, -0.05) is 49.2 Å². The highest BCUT2D eigenvalue weighted by Crippen LogP contribution is 2.17. The summed E-state index contributed by atoms with van der Waals surface area (Å²) in [6, 6.07) is 14.9. The van der Waals surface area contributed by atoms with Gasteiger partial charge in [-0.15, -0.1) is 0 Å². The van der Waals surface area contributed by atoms with Crippen LogP contribution in [0.3, 0.4) is 0 Å². The van der Waals surface area contributed by atoms with Crippen molar-refractivity contribution in [2.75, 3.05) is 11.1 Å². The third kappa shape index (κ3) is 6.07. The summed E-state index contributed by atoms with van der Waals surface area (Å²) in [6.45, 7) is 1.96. The molecule has 0 aliphatic rings. The van der Waals surface area contributed by atoms with E-state index in [0.29, 0.717) is 24.2 Å². The quantitative estimate of drug-likeness (QED) is 0.394. The zero-order valence-electron chi connectivity index (χ0n) is 14.8. The third-order valence-electron chi connectivity index (χ3n) is 4.24. The van der Waals surface area contributed by atoms with E-state index in [2.05, 4.69) is 5.32 Å². The number of ketones is 1. The molecular formula is C21H26N2O2. The molecule has 4 heteroatoms. The molecule has 1 amide bonds. The summed E-state index contributed by atoms with van der Waals surface area (Å²) in [5.74, 6) is 0.185. The second kappa shape index (κ2) is 9.62. The Labute approximate surface area is 149 Å². The summed E-state index contributed by atoms with van der Waals surface area (Å²) in [4.78, 5) is 24.1. The molecule has 0 heterocycles. The van der Waals surface area contributed by atoms with Crippen molar-refractivity contribution in [3.05, 3.63) is 59.7 Å². The molecular weight excluding hydrogens is 312 g/mol. The zero-order valence-corrected chi connectivity index (χ0v) is 14.8. The minimum absolute atomic E-state index is 0.0195. The number of nitrogen functional groups attached to an aromatic ring is 1. The van der Waals surface area contributed by atoms with Crippen LogP contribution in [0, 0.1) is 6.92 Å². The predicted octanol–water partition coefficient (Wildman–Crippen LogP) is 4.74. The van der Waals surface area contributed by atoms with E-state index in [1.165, 1.54) is 0 Å². The number of Topliss-reactive ketones (excluding diaryl/α,β-unsaturated/α-hetero) is 1. The second-order valence-corrected chi connectivity index (χ2v) is 6.29. The summed E-state index contributed by atoms with van der Waals surface area (Å²) in [5.41, 5.74) is 8.89. The summed E-state index contributed by atoms with van der Waals surface area (Å²) >= 11 is 0. The van der Waals surface area contributed by atoms with Crippen LogP contribution in [0.25, 0.3) is 0 Å². The average molecular weight is 338 g/mol. The lowest BCUT2D eigenvalue weighted by atomic mass is 10.00. The number of unbranched alkanes of at least 4 members (excludes halogenated alkanes) is 3. The molecule has 2 rings (SSSR count). The molecule has 0 fully saturated rings. The average Bonchev–Trinajstić information content (AvgIpc) is 2.60. The number of hydrogen-bond acceptors (Lipinski definition) is 3. The fourth-order valence-corrected chi connectivity index (χ4v) is 2.77. The van der Waals surface area contributed by atoms with Gasteiger partial charge in [0.25, 0.3) is 0 Å². The minimum Gasteiger partial charge on any atom is -0.397 e. The maximum atomic E-state index is 12.2. The van der Waals surface area contributed by atoms with E-state index in [-0.39, 0.29) is 11.7 Å². The van der Waals surface area contributed by atoms with Crippen LogP contribution in [-0.2, 0) is 4.79 Å². The van der Waals surface area contributed by atoms with Crippen molar-refractivity contribution < 1.29 is 9.59 Å². The highest BCUT2D eigenvalue weighted by molar-refractivity contribution is 5.97. The van der Waals surface area contributed by atoms with Gasteiger partial charge in [-0.3, -0.25) is 9.59 Å². The number of anilines is 2. The smallest absolute Gasteiger partial charge is 0.224 e. The van der Waals surface area contributed by atoms with Crippen LogP contribution in [0.4, 0.5) is 11.4 Å². The van der Waals surface area contributed by atoms with Crippen LogP contribution in [0.2, 0.25) is 0 Å². The molecule has 0 saturated heterocycles. The first kappa shape index (κ1) is 18.7. The number of aryl methyl sites for hydroxylation is 1. The molecule has 0 aliphatic carbocycles. The number of para-hydroxylation sites is 2. The Balaban J connectivity index is 1.60. The van der Waals surface area contributed by atoms with Gasteiger partial charge in [-0.2, -0.15) is 0 Å². The molecule has 132 valence electrons. The molecule has 0 atom stereocenters. The molecule has 0 saturated carbocycles. The van der Waals surface area contributed by atoms with Crippen molar-refractivity contribution in [2.24, 2.45) is 0 Å². The van der Waals surface area contributed by atoms with Crippen LogP contribution >= 0.6 is 0 Å². The predicted molar refractivity (Wildman–Crippen MR) is 103 cm³/mol. The largest absolute Gasteiger partial charge is 0.397 e. The van der Waals surface area contributed by atoms with Gasteiger partial charge in [0.2, 0.25) is 5.91 Å². The van der Waals surface area contributed by atoms with Crippen molar-refractivity contribution in [3.8, 4) is 0 Å². The molecule has 2 aromatic rings. The fourth-order valence-electron chi connectivity index (χ4n) is 2.77. The first-order chi connectivity index (χ1) is 12.1. The molecule has 0 aromatic heterocycles. The van der Waals surface area contributed by atoms with E-state index >= 15 is 0 Å². The molecule has 0 bridgehead atoms. The molecule has 0 spiro atoms. The normalized spacial score (nSPS) is 10.4. The Morgan fingerprint density at radius 2 is 1.52 bits per heavy atom. The zero-order chi connectivity index (χ0) is 18.1. The van der Waals surface area contributed by atoms with Crippen molar-refractivity contribution in [2.45, 2.75) is 45.4 Å². The number of amides is 1. The minimum atomic E-state index is -0.0195. The van der Waals surface area contributed by atoms with E-state index in [9.17, 15) is 9.59 Å².